The zero-order valence-electron chi connectivity index (χ0n) is 20.8. The van der Waals surface area contributed by atoms with Crippen molar-refractivity contribution in [3.05, 3.63) is 145 Å². The fraction of sp³-hybridized carbons (Fsp3) is 0.0882. The molecule has 0 atom stereocenters. The molecule has 0 amide bonds. The minimum absolute atomic E-state index is 0.673. The zero-order valence-corrected chi connectivity index (χ0v) is 23.6. The number of rotatable bonds is 9. The van der Waals surface area contributed by atoms with E-state index in [2.05, 4.69) is 109 Å². The average Bonchev–Trinajstić information content (AvgIpc) is 2.99. The van der Waals surface area contributed by atoms with Crippen molar-refractivity contribution in [3.63, 3.8) is 0 Å². The normalized spacial score (nSPS) is 11.0. The Morgan fingerprint density at radius 3 is 1.41 bits per heavy atom. The second kappa shape index (κ2) is 11.9. The Morgan fingerprint density at radius 1 is 0.541 bits per heavy atom. The Hall–Kier alpha value is -3.81. The molecule has 5 aromatic carbocycles. The first-order chi connectivity index (χ1) is 18.3. The van der Waals surface area contributed by atoms with Crippen molar-refractivity contribution in [2.75, 3.05) is 6.61 Å². The molecule has 0 aliphatic rings. The molecule has 0 bridgehead atoms. The summed E-state index contributed by atoms with van der Waals surface area (Å²) in [7, 11) is 0. The Morgan fingerprint density at radius 2 is 0.973 bits per heavy atom. The van der Waals surface area contributed by atoms with Crippen LogP contribution in [0, 0.1) is 11.3 Å². The monoisotopic (exact) mass is 587 g/mol. The Labute approximate surface area is 223 Å². The van der Waals surface area contributed by atoms with Crippen molar-refractivity contribution < 1.29 is 4.74 Å². The third-order valence-corrected chi connectivity index (χ3v) is 21.4. The van der Waals surface area contributed by atoms with Crippen LogP contribution in [0.1, 0.15) is 12.0 Å². The molecule has 5 rings (SSSR count). The van der Waals surface area contributed by atoms with Gasteiger partial charge in [0.25, 0.3) is 0 Å². The van der Waals surface area contributed by atoms with E-state index in [1.807, 2.05) is 36.4 Å². The summed E-state index contributed by atoms with van der Waals surface area (Å²) in [6, 6.07) is 51.5. The van der Waals surface area contributed by atoms with E-state index in [0.29, 0.717) is 12.2 Å². The van der Waals surface area contributed by atoms with Gasteiger partial charge in [-0.2, -0.15) is 5.26 Å². The van der Waals surface area contributed by atoms with Crippen molar-refractivity contribution in [1.29, 1.82) is 5.26 Å². The van der Waals surface area contributed by atoms with E-state index in [-0.39, 0.29) is 0 Å². The molecule has 5 aromatic rings. The summed E-state index contributed by atoms with van der Waals surface area (Å²) in [5.41, 5.74) is 2.88. The molecule has 0 aromatic heterocycles. The van der Waals surface area contributed by atoms with E-state index in [0.717, 1.165) is 27.7 Å². The maximum absolute atomic E-state index is 9.02. The SMILES string of the molecule is N#Cc1ccc(-c2ccc(OCC[CH2][Sn]([c]3ccccc3)([c]3ccccc3)[c]3ccccc3)cc2)cc1. The summed E-state index contributed by atoms with van der Waals surface area (Å²) in [5, 5.41) is 9.02. The van der Waals surface area contributed by atoms with Gasteiger partial charge in [-0.25, -0.2) is 0 Å². The molecule has 2 nitrogen and oxygen atoms in total. The molecule has 0 N–H and O–H groups in total. The van der Waals surface area contributed by atoms with Gasteiger partial charge in [-0.3, -0.25) is 0 Å². The minimum atomic E-state index is -3.23. The molecule has 0 fully saturated rings. The van der Waals surface area contributed by atoms with Gasteiger partial charge in [-0.1, -0.05) is 0 Å². The van der Waals surface area contributed by atoms with Crippen LogP contribution in [0.5, 0.6) is 5.75 Å². The second-order valence-electron chi connectivity index (χ2n) is 9.17. The first kappa shape index (κ1) is 24.9. The standard InChI is InChI=1S/C16H14NO.3C6H5.Sn/c1-2-11-18-16-9-7-15(8-10-16)14-5-3-13(12-17)4-6-14;3*1-2-4-6-5-3-1;/h3-10H,1-2,11H2;3*1-5H;. The van der Waals surface area contributed by atoms with Gasteiger partial charge in [0.1, 0.15) is 0 Å². The number of nitrogens with zero attached hydrogens (tertiary/aromatic N) is 1. The predicted molar refractivity (Wildman–Crippen MR) is 155 cm³/mol. The molecule has 0 spiro atoms. The van der Waals surface area contributed by atoms with E-state index >= 15 is 0 Å². The number of hydrogen-bond donors (Lipinski definition) is 0. The van der Waals surface area contributed by atoms with E-state index in [1.165, 1.54) is 10.7 Å². The average molecular weight is 586 g/mol. The first-order valence-electron chi connectivity index (χ1n) is 12.7. The van der Waals surface area contributed by atoms with Gasteiger partial charge in [0.2, 0.25) is 0 Å². The number of ether oxygens (including phenoxy) is 1. The Bertz CT molecular complexity index is 1350. The van der Waals surface area contributed by atoms with Crippen LogP contribution in [0.15, 0.2) is 140 Å². The fourth-order valence-electron chi connectivity index (χ4n) is 5.11. The van der Waals surface area contributed by atoms with Crippen molar-refractivity contribution >= 4 is 29.1 Å². The fourth-order valence-corrected chi connectivity index (χ4v) is 18.9. The molecule has 0 unspecified atom stereocenters. The van der Waals surface area contributed by atoms with Crippen LogP contribution < -0.4 is 15.5 Å². The van der Waals surface area contributed by atoms with Crippen LogP contribution in [-0.4, -0.2) is 25.0 Å². The molecule has 0 aliphatic carbocycles. The van der Waals surface area contributed by atoms with E-state index in [9.17, 15) is 0 Å². The Kier molecular flexibility index (Phi) is 8.03. The van der Waals surface area contributed by atoms with E-state index in [1.54, 1.807) is 0 Å². The summed E-state index contributed by atoms with van der Waals surface area (Å²) >= 11 is -3.23. The van der Waals surface area contributed by atoms with Gasteiger partial charge in [-0.15, -0.1) is 0 Å². The number of nitriles is 1. The van der Waals surface area contributed by atoms with Crippen molar-refractivity contribution in [3.8, 4) is 22.9 Å². The van der Waals surface area contributed by atoms with E-state index in [4.69, 9.17) is 10.00 Å². The quantitative estimate of drug-likeness (QED) is 0.153. The van der Waals surface area contributed by atoms with Crippen LogP contribution in [0.2, 0.25) is 4.44 Å². The Balaban J connectivity index is 1.34. The molecule has 3 heteroatoms. The first-order valence-corrected chi connectivity index (χ1v) is 19.0. The van der Waals surface area contributed by atoms with Gasteiger partial charge in [0.15, 0.2) is 0 Å². The summed E-state index contributed by atoms with van der Waals surface area (Å²) < 4.78 is 11.9. The molecule has 0 saturated carbocycles. The predicted octanol–water partition coefficient (Wildman–Crippen LogP) is 6.16. The van der Waals surface area contributed by atoms with Crippen molar-refractivity contribution in [2.45, 2.75) is 10.9 Å². The molecule has 0 radical (unpaired) electrons. The van der Waals surface area contributed by atoms with Gasteiger partial charge < -0.3 is 0 Å². The van der Waals surface area contributed by atoms with Crippen LogP contribution in [-0.2, 0) is 0 Å². The molecule has 0 heterocycles. The van der Waals surface area contributed by atoms with E-state index < -0.39 is 18.4 Å². The zero-order chi connectivity index (χ0) is 25.3. The van der Waals surface area contributed by atoms with Gasteiger partial charge >= 0.3 is 213 Å². The molecule has 0 saturated heterocycles. The second-order valence-corrected chi connectivity index (χ2v) is 20.7. The number of benzene rings is 5. The van der Waals surface area contributed by atoms with Gasteiger partial charge in [0, 0.05) is 0 Å². The molecule has 37 heavy (non-hydrogen) atoms. The van der Waals surface area contributed by atoms with Crippen LogP contribution in [0.4, 0.5) is 0 Å². The summed E-state index contributed by atoms with van der Waals surface area (Å²) in [5.74, 6) is 0.886. The molecular weight excluding hydrogens is 557 g/mol. The maximum atomic E-state index is 9.02. The number of hydrogen-bond acceptors (Lipinski definition) is 2. The molecule has 0 aliphatic heterocycles. The van der Waals surface area contributed by atoms with Crippen molar-refractivity contribution in [1.82, 2.24) is 0 Å². The summed E-state index contributed by atoms with van der Waals surface area (Å²) in [6.07, 6.45) is 0.992. The summed E-state index contributed by atoms with van der Waals surface area (Å²) in [4.78, 5) is 0. The topological polar surface area (TPSA) is 33.0 Å². The molecule has 180 valence electrons. The summed E-state index contributed by atoms with van der Waals surface area (Å²) in [6.45, 7) is 0.682. The van der Waals surface area contributed by atoms with Crippen LogP contribution in [0.25, 0.3) is 11.1 Å². The molecular formula is C34H29NOSn. The van der Waals surface area contributed by atoms with Gasteiger partial charge in [0.05, 0.1) is 6.07 Å². The third kappa shape index (κ3) is 5.63. The van der Waals surface area contributed by atoms with Crippen LogP contribution in [0.3, 0.4) is 0 Å². The van der Waals surface area contributed by atoms with Crippen molar-refractivity contribution in [2.24, 2.45) is 0 Å². The van der Waals surface area contributed by atoms with Gasteiger partial charge in [-0.05, 0) is 0 Å². The van der Waals surface area contributed by atoms with Crippen LogP contribution >= 0.6 is 0 Å². The third-order valence-electron chi connectivity index (χ3n) is 6.97.